The Morgan fingerprint density at radius 3 is 2.90 bits per heavy atom. The number of nitrogens with zero attached hydrogens (tertiary/aromatic N) is 3. The molecule has 2 rings (SSSR count). The van der Waals surface area contributed by atoms with Gasteiger partial charge in [0.2, 0.25) is 5.13 Å². The van der Waals surface area contributed by atoms with Crippen LogP contribution in [0, 0.1) is 5.92 Å². The molecule has 1 aliphatic carbocycles. The Kier molecular flexibility index (Phi) is 5.93. The number of hydrogen-bond donors (Lipinski definition) is 2. The maximum atomic E-state index is 12.1. The van der Waals surface area contributed by atoms with Gasteiger partial charge in [0, 0.05) is 25.9 Å². The molecule has 0 aliphatic heterocycles. The van der Waals surface area contributed by atoms with Gasteiger partial charge in [-0.2, -0.15) is 0 Å². The van der Waals surface area contributed by atoms with E-state index >= 15 is 0 Å². The number of carbonyl (C=O) groups is 1. The topological polar surface area (TPSA) is 78.4 Å². The van der Waals surface area contributed by atoms with Gasteiger partial charge in [0.15, 0.2) is 0 Å². The number of hydrogen-bond acceptors (Lipinski definition) is 5. The van der Waals surface area contributed by atoms with Crippen molar-refractivity contribution in [3.8, 4) is 0 Å². The molecule has 0 aromatic carbocycles. The zero-order valence-electron chi connectivity index (χ0n) is 12.7. The number of aryl methyl sites for hydroxylation is 1. The first-order valence-corrected chi connectivity index (χ1v) is 8.44. The van der Waals surface area contributed by atoms with Crippen LogP contribution in [0.25, 0.3) is 0 Å². The zero-order valence-corrected chi connectivity index (χ0v) is 13.5. The summed E-state index contributed by atoms with van der Waals surface area (Å²) < 4.78 is 0. The fourth-order valence-electron chi connectivity index (χ4n) is 2.64. The molecule has 1 aromatic rings. The van der Waals surface area contributed by atoms with Gasteiger partial charge in [-0.05, 0) is 19.3 Å². The van der Waals surface area contributed by atoms with Crippen molar-refractivity contribution < 1.29 is 9.90 Å². The Bertz CT molecular complexity index is 466. The molecule has 0 spiro atoms. The number of nitrogens with one attached hydrogen (secondary N) is 1. The van der Waals surface area contributed by atoms with Gasteiger partial charge in [-0.1, -0.05) is 31.1 Å². The Balaban J connectivity index is 1.83. The molecule has 1 saturated carbocycles. The number of amides is 2. The van der Waals surface area contributed by atoms with Gasteiger partial charge in [0.25, 0.3) is 0 Å². The fourth-order valence-corrected chi connectivity index (χ4v) is 3.47. The number of aromatic nitrogens is 2. The highest BCUT2D eigenvalue weighted by atomic mass is 32.1. The molecular formula is C14H24N4O2S. The minimum Gasteiger partial charge on any atom is -0.393 e. The van der Waals surface area contributed by atoms with E-state index in [1.807, 2.05) is 0 Å². The summed E-state index contributed by atoms with van der Waals surface area (Å²) in [6, 6.07) is -0.188. The molecule has 0 radical (unpaired) electrons. The van der Waals surface area contributed by atoms with Crippen LogP contribution < -0.4 is 5.32 Å². The Labute approximate surface area is 129 Å². The van der Waals surface area contributed by atoms with Crippen LogP contribution in [0.15, 0.2) is 0 Å². The SMILES string of the molecule is CCCc1nnc(NC(=O)N(C)CC2CCCCC2O)s1. The number of anilines is 1. The van der Waals surface area contributed by atoms with Gasteiger partial charge in [-0.25, -0.2) is 4.79 Å². The average Bonchev–Trinajstić information content (AvgIpc) is 2.89. The van der Waals surface area contributed by atoms with Crippen molar-refractivity contribution in [2.24, 2.45) is 5.92 Å². The molecule has 2 amide bonds. The Morgan fingerprint density at radius 1 is 1.43 bits per heavy atom. The molecule has 1 aromatic heterocycles. The summed E-state index contributed by atoms with van der Waals surface area (Å²) in [5, 5.41) is 22.3. The molecule has 21 heavy (non-hydrogen) atoms. The maximum absolute atomic E-state index is 12.1. The van der Waals surface area contributed by atoms with Gasteiger partial charge < -0.3 is 10.0 Å². The largest absolute Gasteiger partial charge is 0.393 e. The summed E-state index contributed by atoms with van der Waals surface area (Å²) in [6.07, 6.45) is 5.66. The van der Waals surface area contributed by atoms with Crippen LogP contribution >= 0.6 is 11.3 Å². The van der Waals surface area contributed by atoms with Crippen molar-refractivity contribution in [3.05, 3.63) is 5.01 Å². The van der Waals surface area contributed by atoms with E-state index < -0.39 is 0 Å². The normalized spacial score (nSPS) is 22.0. The molecular weight excluding hydrogens is 288 g/mol. The van der Waals surface area contributed by atoms with E-state index in [1.165, 1.54) is 11.3 Å². The van der Waals surface area contributed by atoms with Crippen molar-refractivity contribution in [2.45, 2.75) is 51.6 Å². The van der Waals surface area contributed by atoms with Gasteiger partial charge in [-0.15, -0.1) is 10.2 Å². The number of aliphatic hydroxyl groups is 1. The lowest BCUT2D eigenvalue weighted by Gasteiger charge is -2.31. The van der Waals surface area contributed by atoms with Gasteiger partial charge in [-0.3, -0.25) is 5.32 Å². The van der Waals surface area contributed by atoms with Gasteiger partial charge in [0.05, 0.1) is 6.10 Å². The van der Waals surface area contributed by atoms with Crippen molar-refractivity contribution >= 4 is 22.5 Å². The monoisotopic (exact) mass is 312 g/mol. The van der Waals surface area contributed by atoms with E-state index in [4.69, 9.17) is 0 Å². The Hall–Kier alpha value is -1.21. The predicted octanol–water partition coefficient (Wildman–Crippen LogP) is 2.51. The summed E-state index contributed by atoms with van der Waals surface area (Å²) in [6.45, 7) is 2.66. The molecule has 2 atom stereocenters. The fraction of sp³-hybridized carbons (Fsp3) is 0.786. The van der Waals surface area contributed by atoms with E-state index in [-0.39, 0.29) is 18.1 Å². The summed E-state index contributed by atoms with van der Waals surface area (Å²) in [5.74, 6) is 0.180. The van der Waals surface area contributed by atoms with Crippen molar-refractivity contribution in [1.82, 2.24) is 15.1 Å². The first-order chi connectivity index (χ1) is 10.1. The predicted molar refractivity (Wildman–Crippen MR) is 83.5 cm³/mol. The summed E-state index contributed by atoms with van der Waals surface area (Å²) in [4.78, 5) is 13.8. The van der Waals surface area contributed by atoms with E-state index in [1.54, 1.807) is 11.9 Å². The molecule has 118 valence electrons. The second-order valence-corrected chi connectivity index (χ2v) is 6.74. The molecule has 2 N–H and O–H groups in total. The van der Waals surface area contributed by atoms with E-state index in [0.717, 1.165) is 43.5 Å². The molecule has 0 bridgehead atoms. The summed E-state index contributed by atoms with van der Waals surface area (Å²) >= 11 is 1.42. The standard InChI is InChI=1S/C14H24N4O2S/c1-3-6-12-16-17-13(21-12)15-14(20)18(2)9-10-7-4-5-8-11(10)19/h10-11,19H,3-9H2,1-2H3,(H,15,17,20). The highest BCUT2D eigenvalue weighted by Gasteiger charge is 2.25. The third-order valence-electron chi connectivity index (χ3n) is 3.87. The average molecular weight is 312 g/mol. The minimum atomic E-state index is -0.285. The quantitative estimate of drug-likeness (QED) is 0.875. The molecule has 0 saturated heterocycles. The van der Waals surface area contributed by atoms with Gasteiger partial charge >= 0.3 is 6.03 Å². The van der Waals surface area contributed by atoms with Crippen molar-refractivity contribution in [3.63, 3.8) is 0 Å². The lowest BCUT2D eigenvalue weighted by Crippen LogP contribution is -2.40. The van der Waals surface area contributed by atoms with Crippen LogP contribution in [-0.4, -0.2) is 45.9 Å². The second-order valence-electron chi connectivity index (χ2n) is 5.67. The van der Waals surface area contributed by atoms with Crippen molar-refractivity contribution in [2.75, 3.05) is 18.9 Å². The minimum absolute atomic E-state index is 0.180. The van der Waals surface area contributed by atoms with Crippen LogP contribution in [0.2, 0.25) is 0 Å². The van der Waals surface area contributed by atoms with Crippen LogP contribution in [-0.2, 0) is 6.42 Å². The molecule has 7 heteroatoms. The summed E-state index contributed by atoms with van der Waals surface area (Å²) in [7, 11) is 1.75. The Morgan fingerprint density at radius 2 is 2.19 bits per heavy atom. The molecule has 6 nitrogen and oxygen atoms in total. The number of carbonyl (C=O) groups excluding carboxylic acids is 1. The van der Waals surface area contributed by atoms with E-state index in [0.29, 0.717) is 11.7 Å². The maximum Gasteiger partial charge on any atom is 0.323 e. The molecule has 1 fully saturated rings. The summed E-state index contributed by atoms with van der Waals surface area (Å²) in [5.41, 5.74) is 0. The highest BCUT2D eigenvalue weighted by Crippen LogP contribution is 2.25. The van der Waals surface area contributed by atoms with E-state index in [2.05, 4.69) is 22.4 Å². The van der Waals surface area contributed by atoms with E-state index in [9.17, 15) is 9.90 Å². The lowest BCUT2D eigenvalue weighted by molar-refractivity contribution is 0.0575. The second kappa shape index (κ2) is 7.70. The third-order valence-corrected chi connectivity index (χ3v) is 4.77. The van der Waals surface area contributed by atoms with Crippen molar-refractivity contribution in [1.29, 1.82) is 0 Å². The third kappa shape index (κ3) is 4.64. The number of urea groups is 1. The number of rotatable bonds is 5. The lowest BCUT2D eigenvalue weighted by atomic mass is 9.86. The first-order valence-electron chi connectivity index (χ1n) is 7.62. The molecule has 1 heterocycles. The first kappa shape index (κ1) is 16.2. The number of aliphatic hydroxyl groups excluding tert-OH is 1. The van der Waals surface area contributed by atoms with Gasteiger partial charge in [0.1, 0.15) is 5.01 Å². The highest BCUT2D eigenvalue weighted by molar-refractivity contribution is 7.15. The zero-order chi connectivity index (χ0) is 15.2. The van der Waals surface area contributed by atoms with Crippen LogP contribution in [0.4, 0.5) is 9.93 Å². The van der Waals surface area contributed by atoms with Crippen LogP contribution in [0.1, 0.15) is 44.0 Å². The molecule has 2 unspecified atom stereocenters. The van der Waals surface area contributed by atoms with Crippen LogP contribution in [0.3, 0.4) is 0 Å². The smallest absolute Gasteiger partial charge is 0.323 e. The molecule has 1 aliphatic rings. The van der Waals surface area contributed by atoms with Crippen LogP contribution in [0.5, 0.6) is 0 Å².